The van der Waals surface area contributed by atoms with Gasteiger partial charge >= 0.3 is 0 Å². The van der Waals surface area contributed by atoms with Crippen molar-refractivity contribution in [1.29, 1.82) is 0 Å². The van der Waals surface area contributed by atoms with E-state index in [1.54, 1.807) is 10.4 Å². The highest BCUT2D eigenvalue weighted by atomic mass is 32.1. The van der Waals surface area contributed by atoms with Crippen LogP contribution in [0.25, 0.3) is 0 Å². The first-order valence-corrected chi connectivity index (χ1v) is 7.87. The van der Waals surface area contributed by atoms with Crippen LogP contribution in [-0.4, -0.2) is 28.6 Å². The largest absolute Gasteiger partial charge is 0.311 e. The van der Waals surface area contributed by atoms with Crippen LogP contribution in [0.5, 0.6) is 0 Å². The number of nitrogens with one attached hydrogen (secondary N) is 1. The molecule has 22 heavy (non-hydrogen) atoms. The second-order valence-corrected chi connectivity index (χ2v) is 6.26. The quantitative estimate of drug-likeness (QED) is 0.941. The van der Waals surface area contributed by atoms with Gasteiger partial charge in [-0.25, -0.2) is 0 Å². The molecule has 6 nitrogen and oxygen atoms in total. The zero-order valence-corrected chi connectivity index (χ0v) is 13.2. The molecule has 0 spiro atoms. The number of anilines is 2. The summed E-state index contributed by atoms with van der Waals surface area (Å²) >= 11 is 1.26. The topological polar surface area (TPSA) is 75.2 Å². The Balaban J connectivity index is 1.75. The second kappa shape index (κ2) is 5.84. The van der Waals surface area contributed by atoms with Crippen molar-refractivity contribution in [3.8, 4) is 0 Å². The molecule has 1 N–H and O–H groups in total. The minimum Gasteiger partial charge on any atom is -0.311 e. The lowest BCUT2D eigenvalue weighted by Gasteiger charge is -2.19. The third kappa shape index (κ3) is 2.85. The summed E-state index contributed by atoms with van der Waals surface area (Å²) in [4.78, 5) is 26.2. The Morgan fingerprint density at radius 3 is 2.95 bits per heavy atom. The van der Waals surface area contributed by atoms with E-state index < -0.39 is 0 Å². The molecular weight excluding hydrogens is 300 g/mol. The van der Waals surface area contributed by atoms with Gasteiger partial charge in [-0.15, -0.1) is 10.2 Å². The lowest BCUT2D eigenvalue weighted by atomic mass is 10.1. The van der Waals surface area contributed by atoms with Crippen LogP contribution in [0, 0.1) is 19.8 Å². The summed E-state index contributed by atoms with van der Waals surface area (Å²) in [5.74, 6) is -0.569. The third-order valence-corrected chi connectivity index (χ3v) is 4.35. The van der Waals surface area contributed by atoms with Gasteiger partial charge in [0.25, 0.3) is 0 Å². The average Bonchev–Trinajstić information content (AvgIpc) is 3.11. The van der Waals surface area contributed by atoms with Gasteiger partial charge in [0.1, 0.15) is 5.51 Å². The number of rotatable bonds is 3. The first-order chi connectivity index (χ1) is 10.5. The van der Waals surface area contributed by atoms with Gasteiger partial charge in [0.05, 0.1) is 5.92 Å². The highest BCUT2D eigenvalue weighted by Crippen LogP contribution is 2.29. The predicted octanol–water partition coefficient (Wildman–Crippen LogP) is 2.15. The van der Waals surface area contributed by atoms with Gasteiger partial charge in [-0.2, -0.15) is 0 Å². The third-order valence-electron chi connectivity index (χ3n) is 3.74. The first kappa shape index (κ1) is 14.6. The minimum atomic E-state index is -0.365. The van der Waals surface area contributed by atoms with Gasteiger partial charge in [-0.1, -0.05) is 23.5 Å². The van der Waals surface area contributed by atoms with Crippen LogP contribution in [-0.2, 0) is 9.59 Å². The Bertz CT molecular complexity index is 714. The number of carbonyl (C=O) groups excluding carboxylic acids is 2. The summed E-state index contributed by atoms with van der Waals surface area (Å²) in [6, 6.07) is 5.99. The van der Waals surface area contributed by atoms with E-state index in [1.165, 1.54) is 11.3 Å². The maximum Gasteiger partial charge on any atom is 0.231 e. The van der Waals surface area contributed by atoms with Crippen LogP contribution in [0.2, 0.25) is 0 Å². The van der Waals surface area contributed by atoms with Crippen molar-refractivity contribution in [2.75, 3.05) is 16.8 Å². The van der Waals surface area contributed by atoms with Gasteiger partial charge in [0.2, 0.25) is 16.9 Å². The van der Waals surface area contributed by atoms with E-state index in [0.717, 1.165) is 16.8 Å². The zero-order valence-electron chi connectivity index (χ0n) is 12.4. The van der Waals surface area contributed by atoms with Crippen LogP contribution in [0.15, 0.2) is 23.7 Å². The molecule has 1 saturated heterocycles. The highest BCUT2D eigenvalue weighted by Gasteiger charge is 2.35. The lowest BCUT2D eigenvalue weighted by molar-refractivity contribution is -0.122. The van der Waals surface area contributed by atoms with E-state index in [1.807, 2.05) is 32.0 Å². The Morgan fingerprint density at radius 1 is 1.41 bits per heavy atom. The summed E-state index contributed by atoms with van der Waals surface area (Å²) in [7, 11) is 0. The van der Waals surface area contributed by atoms with Crippen LogP contribution < -0.4 is 10.2 Å². The molecule has 0 radical (unpaired) electrons. The van der Waals surface area contributed by atoms with Crippen LogP contribution >= 0.6 is 11.3 Å². The predicted molar refractivity (Wildman–Crippen MR) is 84.9 cm³/mol. The Kier molecular flexibility index (Phi) is 3.89. The van der Waals surface area contributed by atoms with Crippen LogP contribution in [0.1, 0.15) is 17.5 Å². The SMILES string of the molecule is Cc1ccc(C)c(N2CC(C(=O)Nc3nncs3)CC2=O)c1. The molecule has 114 valence electrons. The highest BCUT2D eigenvalue weighted by molar-refractivity contribution is 7.13. The smallest absolute Gasteiger partial charge is 0.231 e. The van der Waals surface area contributed by atoms with Crippen molar-refractivity contribution in [3.05, 3.63) is 34.8 Å². The van der Waals surface area contributed by atoms with Crippen molar-refractivity contribution < 1.29 is 9.59 Å². The maximum atomic E-state index is 12.3. The fraction of sp³-hybridized carbons (Fsp3) is 0.333. The van der Waals surface area contributed by atoms with Crippen molar-refractivity contribution in [2.24, 2.45) is 5.92 Å². The molecule has 7 heteroatoms. The van der Waals surface area contributed by atoms with Crippen LogP contribution in [0.3, 0.4) is 0 Å². The van der Waals surface area contributed by atoms with Crippen molar-refractivity contribution in [3.63, 3.8) is 0 Å². The van der Waals surface area contributed by atoms with E-state index in [0.29, 0.717) is 11.7 Å². The fourth-order valence-corrected chi connectivity index (χ4v) is 3.01. The molecule has 2 heterocycles. The summed E-state index contributed by atoms with van der Waals surface area (Å²) in [6.07, 6.45) is 0.220. The number of aromatic nitrogens is 2. The first-order valence-electron chi connectivity index (χ1n) is 6.99. The molecular formula is C15H16N4O2S. The molecule has 1 fully saturated rings. The van der Waals surface area contributed by atoms with Gasteiger partial charge in [0.15, 0.2) is 0 Å². The number of benzene rings is 1. The summed E-state index contributed by atoms with van der Waals surface area (Å²) in [5.41, 5.74) is 4.56. The van der Waals surface area contributed by atoms with Gasteiger partial charge in [0, 0.05) is 18.7 Å². The zero-order chi connectivity index (χ0) is 15.7. The minimum absolute atomic E-state index is 0.0221. The van der Waals surface area contributed by atoms with Gasteiger partial charge in [-0.05, 0) is 31.0 Å². The molecule has 1 aliphatic rings. The monoisotopic (exact) mass is 316 g/mol. The Hall–Kier alpha value is -2.28. The van der Waals surface area contributed by atoms with Crippen LogP contribution in [0.4, 0.5) is 10.8 Å². The number of hydrogen-bond donors (Lipinski definition) is 1. The molecule has 1 atom stereocenters. The van der Waals surface area contributed by atoms with Crippen molar-refractivity contribution in [2.45, 2.75) is 20.3 Å². The fourth-order valence-electron chi connectivity index (χ4n) is 2.56. The number of carbonyl (C=O) groups is 2. The molecule has 0 bridgehead atoms. The molecule has 1 aromatic heterocycles. The number of aryl methyl sites for hydroxylation is 2. The molecule has 0 aliphatic carbocycles. The molecule has 1 aromatic carbocycles. The van der Waals surface area contributed by atoms with E-state index >= 15 is 0 Å². The lowest BCUT2D eigenvalue weighted by Crippen LogP contribution is -2.28. The Morgan fingerprint density at radius 2 is 2.23 bits per heavy atom. The number of nitrogens with zero attached hydrogens (tertiary/aromatic N) is 3. The molecule has 1 unspecified atom stereocenters. The normalized spacial score (nSPS) is 17.8. The van der Waals surface area contributed by atoms with E-state index in [9.17, 15) is 9.59 Å². The van der Waals surface area contributed by atoms with Gasteiger partial charge in [-0.3, -0.25) is 9.59 Å². The molecule has 2 aromatic rings. The molecule has 2 amide bonds. The maximum absolute atomic E-state index is 12.3. The summed E-state index contributed by atoms with van der Waals surface area (Å²) in [6.45, 7) is 4.35. The van der Waals surface area contributed by atoms with E-state index in [-0.39, 0.29) is 24.2 Å². The molecule has 0 saturated carbocycles. The standard InChI is InChI=1S/C15H16N4O2S/c1-9-3-4-10(2)12(5-9)19-7-11(6-13(19)20)14(21)17-15-18-16-8-22-15/h3-5,8,11H,6-7H2,1-2H3,(H,17,18,21). The van der Waals surface area contributed by atoms with E-state index in [2.05, 4.69) is 15.5 Å². The summed E-state index contributed by atoms with van der Waals surface area (Å²) in [5, 5.41) is 10.6. The summed E-state index contributed by atoms with van der Waals surface area (Å²) < 4.78 is 0. The van der Waals surface area contributed by atoms with Crippen molar-refractivity contribution >= 4 is 34.0 Å². The second-order valence-electron chi connectivity index (χ2n) is 5.43. The Labute approximate surface area is 132 Å². The average molecular weight is 316 g/mol. The van der Waals surface area contributed by atoms with E-state index in [4.69, 9.17) is 0 Å². The van der Waals surface area contributed by atoms with Crippen molar-refractivity contribution in [1.82, 2.24) is 10.2 Å². The number of hydrogen-bond acceptors (Lipinski definition) is 5. The number of amides is 2. The van der Waals surface area contributed by atoms with Gasteiger partial charge < -0.3 is 10.2 Å². The molecule has 1 aliphatic heterocycles. The molecule has 3 rings (SSSR count).